The second-order valence-corrected chi connectivity index (χ2v) is 4.61. The number of hydrogen-bond acceptors (Lipinski definition) is 2. The molecule has 1 aromatic carbocycles. The van der Waals surface area contributed by atoms with Crippen molar-refractivity contribution in [3.8, 4) is 0 Å². The third-order valence-electron chi connectivity index (χ3n) is 2.23. The molecule has 0 heterocycles. The number of ketones is 2. The van der Waals surface area contributed by atoms with E-state index >= 15 is 0 Å². The molecular formula is C12H12Cl2O2. The van der Waals surface area contributed by atoms with Crippen molar-refractivity contribution in [1.82, 2.24) is 0 Å². The summed E-state index contributed by atoms with van der Waals surface area (Å²) in [6, 6.07) is 4.82. The van der Waals surface area contributed by atoms with Gasteiger partial charge in [0.1, 0.15) is 5.78 Å². The van der Waals surface area contributed by atoms with Crippen LogP contribution in [0.1, 0.15) is 30.6 Å². The van der Waals surface area contributed by atoms with Gasteiger partial charge in [-0.1, -0.05) is 43.1 Å². The number of carbonyl (C=O) groups excluding carboxylic acids is 2. The number of hydrogen-bond donors (Lipinski definition) is 0. The fourth-order valence-electron chi connectivity index (χ4n) is 1.18. The molecule has 2 nitrogen and oxygen atoms in total. The molecule has 86 valence electrons. The Bertz CT molecular complexity index is 425. The summed E-state index contributed by atoms with van der Waals surface area (Å²) < 4.78 is 0. The van der Waals surface area contributed by atoms with E-state index in [9.17, 15) is 9.59 Å². The quantitative estimate of drug-likeness (QED) is 0.609. The normalized spacial score (nSPS) is 10.6. The van der Waals surface area contributed by atoms with Gasteiger partial charge in [-0.2, -0.15) is 0 Å². The average molecular weight is 259 g/mol. The van der Waals surface area contributed by atoms with Crippen LogP contribution in [0, 0.1) is 5.92 Å². The maximum absolute atomic E-state index is 11.8. The molecule has 0 spiro atoms. The van der Waals surface area contributed by atoms with Gasteiger partial charge >= 0.3 is 0 Å². The Morgan fingerprint density at radius 3 is 2.44 bits per heavy atom. The van der Waals surface area contributed by atoms with Gasteiger partial charge in [0.05, 0.1) is 16.5 Å². The van der Waals surface area contributed by atoms with Crippen molar-refractivity contribution in [2.75, 3.05) is 0 Å². The monoisotopic (exact) mass is 258 g/mol. The lowest BCUT2D eigenvalue weighted by molar-refractivity contribution is -0.121. The predicted octanol–water partition coefficient (Wildman–Crippen LogP) is 3.79. The standard InChI is InChI=1S/C12H12Cl2O2/c1-7(2)10(15)6-11(16)8-4-3-5-9(13)12(8)14/h3-5,7H,6H2,1-2H3. The van der Waals surface area contributed by atoms with Gasteiger partial charge in [-0.25, -0.2) is 0 Å². The van der Waals surface area contributed by atoms with Gasteiger partial charge in [-0.15, -0.1) is 0 Å². The minimum Gasteiger partial charge on any atom is -0.299 e. The average Bonchev–Trinajstić information content (AvgIpc) is 2.21. The fraction of sp³-hybridized carbons (Fsp3) is 0.333. The molecule has 0 bridgehead atoms. The van der Waals surface area contributed by atoms with Gasteiger partial charge in [-0.3, -0.25) is 9.59 Å². The molecule has 0 saturated heterocycles. The smallest absolute Gasteiger partial charge is 0.171 e. The SMILES string of the molecule is CC(C)C(=O)CC(=O)c1cccc(Cl)c1Cl. The number of halogens is 2. The van der Waals surface area contributed by atoms with Gasteiger partial charge in [0.25, 0.3) is 0 Å². The lowest BCUT2D eigenvalue weighted by Crippen LogP contribution is -2.13. The van der Waals surface area contributed by atoms with Crippen LogP contribution < -0.4 is 0 Å². The zero-order chi connectivity index (χ0) is 12.3. The molecule has 0 aromatic heterocycles. The first-order valence-electron chi connectivity index (χ1n) is 4.93. The van der Waals surface area contributed by atoms with Crippen LogP contribution in [0.5, 0.6) is 0 Å². The molecule has 0 atom stereocenters. The Hall–Kier alpha value is -0.860. The van der Waals surface area contributed by atoms with Crippen LogP contribution >= 0.6 is 23.2 Å². The molecule has 0 N–H and O–H groups in total. The molecule has 0 saturated carbocycles. The number of benzene rings is 1. The van der Waals surface area contributed by atoms with E-state index in [0.717, 1.165) is 0 Å². The van der Waals surface area contributed by atoms with Crippen LogP contribution in [0.25, 0.3) is 0 Å². The van der Waals surface area contributed by atoms with Crippen molar-refractivity contribution < 1.29 is 9.59 Å². The summed E-state index contributed by atoms with van der Waals surface area (Å²) in [6.45, 7) is 3.52. The zero-order valence-electron chi connectivity index (χ0n) is 9.09. The summed E-state index contributed by atoms with van der Waals surface area (Å²) in [7, 11) is 0. The Balaban J connectivity index is 2.89. The minimum absolute atomic E-state index is 0.0963. The van der Waals surface area contributed by atoms with E-state index in [1.165, 1.54) is 0 Å². The van der Waals surface area contributed by atoms with Gasteiger partial charge in [0, 0.05) is 11.5 Å². The van der Waals surface area contributed by atoms with E-state index in [1.54, 1.807) is 32.0 Å². The molecule has 1 rings (SSSR count). The predicted molar refractivity (Wildman–Crippen MR) is 65.3 cm³/mol. The molecule has 0 radical (unpaired) electrons. The van der Waals surface area contributed by atoms with Gasteiger partial charge in [0.15, 0.2) is 5.78 Å². The number of rotatable bonds is 4. The largest absolute Gasteiger partial charge is 0.299 e. The van der Waals surface area contributed by atoms with Crippen LogP contribution in [0.3, 0.4) is 0 Å². The summed E-state index contributed by atoms with van der Waals surface area (Å²) in [5, 5.41) is 0.537. The molecule has 0 fully saturated rings. The van der Waals surface area contributed by atoms with Crippen molar-refractivity contribution in [2.24, 2.45) is 5.92 Å². The van der Waals surface area contributed by atoms with Crippen LogP contribution in [0.15, 0.2) is 18.2 Å². The highest BCUT2D eigenvalue weighted by atomic mass is 35.5. The van der Waals surface area contributed by atoms with Crippen molar-refractivity contribution in [3.63, 3.8) is 0 Å². The first kappa shape index (κ1) is 13.2. The maximum Gasteiger partial charge on any atom is 0.171 e. The second-order valence-electron chi connectivity index (χ2n) is 3.82. The van der Waals surface area contributed by atoms with E-state index in [1.807, 2.05) is 0 Å². The highest BCUT2D eigenvalue weighted by Gasteiger charge is 2.17. The summed E-state index contributed by atoms with van der Waals surface area (Å²) in [5.41, 5.74) is 0.308. The molecular weight excluding hydrogens is 247 g/mol. The van der Waals surface area contributed by atoms with E-state index in [0.29, 0.717) is 10.6 Å². The van der Waals surface area contributed by atoms with Crippen LogP contribution in [0.2, 0.25) is 10.0 Å². The molecule has 0 aliphatic carbocycles. The van der Waals surface area contributed by atoms with Crippen molar-refractivity contribution >= 4 is 34.8 Å². The van der Waals surface area contributed by atoms with Crippen molar-refractivity contribution in [2.45, 2.75) is 20.3 Å². The van der Waals surface area contributed by atoms with E-state index in [2.05, 4.69) is 0 Å². The summed E-state index contributed by atoms with van der Waals surface area (Å²) in [5.74, 6) is -0.533. The van der Waals surface area contributed by atoms with E-state index in [4.69, 9.17) is 23.2 Å². The molecule has 4 heteroatoms. The highest BCUT2D eigenvalue weighted by molar-refractivity contribution is 6.44. The molecule has 0 amide bonds. The minimum atomic E-state index is -0.286. The Morgan fingerprint density at radius 2 is 1.88 bits per heavy atom. The lowest BCUT2D eigenvalue weighted by atomic mass is 10.00. The molecule has 0 aliphatic heterocycles. The molecule has 0 aliphatic rings. The van der Waals surface area contributed by atoms with Crippen molar-refractivity contribution in [1.29, 1.82) is 0 Å². The summed E-state index contributed by atoms with van der Waals surface area (Å²) in [4.78, 5) is 23.2. The third-order valence-corrected chi connectivity index (χ3v) is 3.05. The molecule has 0 unspecified atom stereocenters. The van der Waals surface area contributed by atoms with Crippen molar-refractivity contribution in [3.05, 3.63) is 33.8 Å². The fourth-order valence-corrected chi connectivity index (χ4v) is 1.58. The van der Waals surface area contributed by atoms with Gasteiger partial charge < -0.3 is 0 Å². The number of Topliss-reactive ketones (excluding diaryl/α,β-unsaturated/α-hetero) is 2. The molecule has 1 aromatic rings. The lowest BCUT2D eigenvalue weighted by Gasteiger charge is -2.06. The first-order valence-corrected chi connectivity index (χ1v) is 5.69. The maximum atomic E-state index is 11.8. The summed E-state index contributed by atoms with van der Waals surface area (Å²) in [6.07, 6.45) is -0.127. The van der Waals surface area contributed by atoms with E-state index < -0.39 is 0 Å². The van der Waals surface area contributed by atoms with E-state index in [-0.39, 0.29) is 28.9 Å². The Morgan fingerprint density at radius 1 is 1.25 bits per heavy atom. The Labute approximate surface area is 105 Å². The summed E-state index contributed by atoms with van der Waals surface area (Å²) >= 11 is 11.7. The van der Waals surface area contributed by atoms with Crippen LogP contribution in [-0.4, -0.2) is 11.6 Å². The van der Waals surface area contributed by atoms with Gasteiger partial charge in [0.2, 0.25) is 0 Å². The number of carbonyl (C=O) groups is 2. The van der Waals surface area contributed by atoms with Crippen LogP contribution in [0.4, 0.5) is 0 Å². The zero-order valence-corrected chi connectivity index (χ0v) is 10.6. The highest BCUT2D eigenvalue weighted by Crippen LogP contribution is 2.26. The van der Waals surface area contributed by atoms with Crippen LogP contribution in [-0.2, 0) is 4.79 Å². The molecule has 16 heavy (non-hydrogen) atoms. The second kappa shape index (κ2) is 5.46. The topological polar surface area (TPSA) is 34.1 Å². The Kier molecular flexibility index (Phi) is 4.51. The van der Waals surface area contributed by atoms with Gasteiger partial charge in [-0.05, 0) is 12.1 Å². The first-order chi connectivity index (χ1) is 7.43. The third kappa shape index (κ3) is 3.06.